The summed E-state index contributed by atoms with van der Waals surface area (Å²) in [6.45, 7) is 5.11. The van der Waals surface area contributed by atoms with Crippen LogP contribution in [0, 0.1) is 0 Å². The highest BCUT2D eigenvalue weighted by Crippen LogP contribution is 2.14. The lowest BCUT2D eigenvalue weighted by Crippen LogP contribution is -2.49. The molecule has 0 aliphatic carbocycles. The molecule has 2 aromatic rings. The average molecular weight is 413 g/mol. The van der Waals surface area contributed by atoms with Gasteiger partial charge in [0.15, 0.2) is 0 Å². The number of hydrogen-bond donors (Lipinski definition) is 1. The maximum atomic E-state index is 13.0. The fourth-order valence-corrected chi connectivity index (χ4v) is 3.89. The highest BCUT2D eigenvalue weighted by Gasteiger charge is 2.25. The Hall–Kier alpha value is -2.27. The van der Waals surface area contributed by atoms with Gasteiger partial charge in [0, 0.05) is 18.8 Å². The van der Waals surface area contributed by atoms with E-state index in [-0.39, 0.29) is 11.8 Å². The van der Waals surface area contributed by atoms with Crippen molar-refractivity contribution in [2.45, 2.75) is 44.9 Å². The van der Waals surface area contributed by atoms with E-state index >= 15 is 0 Å². The molecule has 2 rings (SSSR count). The second-order valence-corrected chi connectivity index (χ2v) is 8.11. The molecule has 1 atom stereocenters. The first kappa shape index (κ1) is 23.0. The minimum Gasteiger partial charge on any atom is -0.354 e. The number of benzene rings is 2. The Labute approximate surface area is 179 Å². The number of carbonyl (C=O) groups is 2. The number of nitrogens with one attached hydrogen (secondary N) is 1. The van der Waals surface area contributed by atoms with Gasteiger partial charge < -0.3 is 10.2 Å². The SMILES string of the molecule is CCCCNC(=O)[C@H](C)N(CCc1ccccc1)C(=O)CSCc1ccccc1. The van der Waals surface area contributed by atoms with Crippen LogP contribution in [0.15, 0.2) is 60.7 Å². The van der Waals surface area contributed by atoms with E-state index in [1.54, 1.807) is 16.7 Å². The third-order valence-corrected chi connectivity index (χ3v) is 5.81. The molecule has 0 fully saturated rings. The zero-order valence-electron chi connectivity index (χ0n) is 17.5. The first-order valence-electron chi connectivity index (χ1n) is 10.3. The lowest BCUT2D eigenvalue weighted by molar-refractivity contribution is -0.137. The molecule has 2 amide bonds. The van der Waals surface area contributed by atoms with Crippen molar-refractivity contribution in [1.29, 1.82) is 0 Å². The molecule has 0 unspecified atom stereocenters. The van der Waals surface area contributed by atoms with E-state index in [0.29, 0.717) is 18.8 Å². The van der Waals surface area contributed by atoms with Crippen LogP contribution in [0.5, 0.6) is 0 Å². The van der Waals surface area contributed by atoms with Gasteiger partial charge in [-0.1, -0.05) is 74.0 Å². The van der Waals surface area contributed by atoms with Crippen molar-refractivity contribution >= 4 is 23.6 Å². The zero-order valence-corrected chi connectivity index (χ0v) is 18.3. The predicted octanol–water partition coefficient (Wildman–Crippen LogP) is 4.30. The standard InChI is InChI=1S/C24H32N2O2S/c1-3-4-16-25-24(28)20(2)26(17-15-21-11-7-5-8-12-21)23(27)19-29-18-22-13-9-6-10-14-22/h5-14,20H,3-4,15-19H2,1-2H3,(H,25,28)/t20-/m0/s1. The Balaban J connectivity index is 1.95. The van der Waals surface area contributed by atoms with Crippen LogP contribution in [-0.4, -0.2) is 41.6 Å². The summed E-state index contributed by atoms with van der Waals surface area (Å²) < 4.78 is 0. The Bertz CT molecular complexity index is 737. The Morgan fingerprint density at radius 2 is 1.62 bits per heavy atom. The molecule has 2 aromatic carbocycles. The first-order valence-corrected chi connectivity index (χ1v) is 11.5. The number of amides is 2. The predicted molar refractivity (Wildman–Crippen MR) is 122 cm³/mol. The Morgan fingerprint density at radius 3 is 2.24 bits per heavy atom. The second-order valence-electron chi connectivity index (χ2n) is 7.12. The number of thioether (sulfide) groups is 1. The lowest BCUT2D eigenvalue weighted by Gasteiger charge is -2.28. The molecule has 0 aliphatic heterocycles. The minimum atomic E-state index is -0.472. The first-order chi connectivity index (χ1) is 14.1. The molecule has 0 aliphatic rings. The Morgan fingerprint density at radius 1 is 1.00 bits per heavy atom. The molecule has 29 heavy (non-hydrogen) atoms. The van der Waals surface area contributed by atoms with Crippen molar-refractivity contribution in [3.8, 4) is 0 Å². The highest BCUT2D eigenvalue weighted by molar-refractivity contribution is 7.99. The topological polar surface area (TPSA) is 49.4 Å². The van der Waals surface area contributed by atoms with Crippen LogP contribution in [0.2, 0.25) is 0 Å². The molecule has 0 aromatic heterocycles. The fraction of sp³-hybridized carbons (Fsp3) is 0.417. The smallest absolute Gasteiger partial charge is 0.242 e. The van der Waals surface area contributed by atoms with Crippen LogP contribution in [0.1, 0.15) is 37.8 Å². The minimum absolute atomic E-state index is 0.0139. The maximum Gasteiger partial charge on any atom is 0.242 e. The summed E-state index contributed by atoms with van der Waals surface area (Å²) >= 11 is 1.59. The zero-order chi connectivity index (χ0) is 20.9. The number of carbonyl (C=O) groups excluding carboxylic acids is 2. The van der Waals surface area contributed by atoms with Crippen LogP contribution >= 0.6 is 11.8 Å². The molecule has 5 heteroatoms. The van der Waals surface area contributed by atoms with Crippen molar-refractivity contribution in [1.82, 2.24) is 10.2 Å². The van der Waals surface area contributed by atoms with Crippen LogP contribution in [0.25, 0.3) is 0 Å². The van der Waals surface area contributed by atoms with Gasteiger partial charge in [-0.15, -0.1) is 11.8 Å². The summed E-state index contributed by atoms with van der Waals surface area (Å²) in [4.78, 5) is 27.2. The van der Waals surface area contributed by atoms with Crippen molar-refractivity contribution in [3.63, 3.8) is 0 Å². The third kappa shape index (κ3) is 8.32. The summed E-state index contributed by atoms with van der Waals surface area (Å²) in [5.74, 6) is 1.10. The Kier molecular flexibility index (Phi) is 10.4. The molecule has 0 bridgehead atoms. The summed E-state index contributed by atoms with van der Waals surface area (Å²) in [6, 6.07) is 19.7. The summed E-state index contributed by atoms with van der Waals surface area (Å²) in [7, 11) is 0. The van der Waals surface area contributed by atoms with Crippen molar-refractivity contribution in [2.75, 3.05) is 18.8 Å². The van der Waals surface area contributed by atoms with E-state index in [2.05, 4.69) is 36.5 Å². The number of nitrogens with zero attached hydrogens (tertiary/aromatic N) is 1. The monoisotopic (exact) mass is 412 g/mol. The largest absolute Gasteiger partial charge is 0.354 e. The summed E-state index contributed by atoms with van der Waals surface area (Å²) in [5, 5.41) is 2.96. The van der Waals surface area contributed by atoms with Gasteiger partial charge in [0.2, 0.25) is 11.8 Å². The van der Waals surface area contributed by atoms with Gasteiger partial charge in [-0.3, -0.25) is 9.59 Å². The molecule has 156 valence electrons. The van der Waals surface area contributed by atoms with E-state index in [9.17, 15) is 9.59 Å². The molecule has 0 radical (unpaired) electrons. The van der Waals surface area contributed by atoms with Gasteiger partial charge in [0.1, 0.15) is 6.04 Å². The quantitative estimate of drug-likeness (QED) is 0.529. The van der Waals surface area contributed by atoms with E-state index in [0.717, 1.165) is 25.0 Å². The van der Waals surface area contributed by atoms with E-state index in [1.165, 1.54) is 11.1 Å². The van der Waals surface area contributed by atoms with Crippen LogP contribution < -0.4 is 5.32 Å². The van der Waals surface area contributed by atoms with E-state index in [1.807, 2.05) is 43.3 Å². The fourth-order valence-electron chi connectivity index (χ4n) is 3.02. The number of hydrogen-bond acceptors (Lipinski definition) is 3. The van der Waals surface area contributed by atoms with Crippen molar-refractivity contribution in [2.24, 2.45) is 0 Å². The molecular formula is C24H32N2O2S. The maximum absolute atomic E-state index is 13.0. The molecule has 1 N–H and O–H groups in total. The van der Waals surface area contributed by atoms with Crippen molar-refractivity contribution in [3.05, 3.63) is 71.8 Å². The third-order valence-electron chi connectivity index (χ3n) is 4.82. The molecule has 0 saturated carbocycles. The number of rotatable bonds is 12. The van der Waals surface area contributed by atoms with Gasteiger partial charge in [0.25, 0.3) is 0 Å². The van der Waals surface area contributed by atoms with Gasteiger partial charge in [0.05, 0.1) is 5.75 Å². The normalized spacial score (nSPS) is 11.7. The van der Waals surface area contributed by atoms with Gasteiger partial charge >= 0.3 is 0 Å². The summed E-state index contributed by atoms with van der Waals surface area (Å²) in [5.41, 5.74) is 2.37. The highest BCUT2D eigenvalue weighted by atomic mass is 32.2. The lowest BCUT2D eigenvalue weighted by atomic mass is 10.1. The van der Waals surface area contributed by atoms with Crippen molar-refractivity contribution < 1.29 is 9.59 Å². The van der Waals surface area contributed by atoms with E-state index in [4.69, 9.17) is 0 Å². The van der Waals surface area contributed by atoms with Gasteiger partial charge in [-0.05, 0) is 30.9 Å². The molecular weight excluding hydrogens is 380 g/mol. The van der Waals surface area contributed by atoms with Gasteiger partial charge in [-0.2, -0.15) is 0 Å². The summed E-state index contributed by atoms with van der Waals surface area (Å²) in [6.07, 6.45) is 2.72. The molecule has 4 nitrogen and oxygen atoms in total. The average Bonchev–Trinajstić information content (AvgIpc) is 2.75. The molecule has 0 saturated heterocycles. The van der Waals surface area contributed by atoms with E-state index < -0.39 is 6.04 Å². The second kappa shape index (κ2) is 13.0. The molecule has 0 heterocycles. The number of unbranched alkanes of at least 4 members (excludes halogenated alkanes) is 1. The van der Waals surface area contributed by atoms with Crippen LogP contribution in [-0.2, 0) is 21.8 Å². The van der Waals surface area contributed by atoms with Crippen LogP contribution in [0.4, 0.5) is 0 Å². The van der Waals surface area contributed by atoms with Crippen LogP contribution in [0.3, 0.4) is 0 Å². The molecule has 0 spiro atoms. The van der Waals surface area contributed by atoms with Gasteiger partial charge in [-0.25, -0.2) is 0 Å².